The van der Waals surface area contributed by atoms with Gasteiger partial charge in [-0.15, -0.1) is 0 Å². The van der Waals surface area contributed by atoms with Crippen molar-refractivity contribution >= 4 is 34.5 Å². The molecule has 1 aromatic heterocycles. The topological polar surface area (TPSA) is 76.5 Å². The number of para-hydroxylation sites is 1. The molecule has 8 heteroatoms. The largest absolute Gasteiger partial charge is 0.465 e. The minimum absolute atomic E-state index is 0.0862. The van der Waals surface area contributed by atoms with Crippen LogP contribution in [0, 0.1) is 0 Å². The van der Waals surface area contributed by atoms with E-state index in [9.17, 15) is 9.59 Å². The van der Waals surface area contributed by atoms with E-state index in [1.165, 1.54) is 7.11 Å². The fourth-order valence-electron chi connectivity index (χ4n) is 4.67. The number of hydrogen-bond acceptors (Lipinski definition) is 5. The lowest BCUT2D eigenvalue weighted by Crippen LogP contribution is -2.47. The molecule has 4 rings (SSSR count). The molecule has 1 amide bonds. The SMILES string of the molecule is CCCN(C(=O)c1nc2cccc(C(=O)OC)c2n1CCc1ccc(Cl)cc1)C1CCNCC1. The number of rotatable bonds is 8. The number of amides is 1. The summed E-state index contributed by atoms with van der Waals surface area (Å²) in [6.45, 7) is 5.06. The van der Waals surface area contributed by atoms with Gasteiger partial charge < -0.3 is 19.5 Å². The Morgan fingerprint density at radius 1 is 1.18 bits per heavy atom. The van der Waals surface area contributed by atoms with Gasteiger partial charge in [-0.05, 0) is 68.6 Å². The first-order valence-electron chi connectivity index (χ1n) is 11.9. The Morgan fingerprint density at radius 3 is 2.59 bits per heavy atom. The van der Waals surface area contributed by atoms with E-state index in [0.29, 0.717) is 47.0 Å². The lowest BCUT2D eigenvalue weighted by Gasteiger charge is -2.34. The van der Waals surface area contributed by atoms with Gasteiger partial charge in [0.05, 0.1) is 23.7 Å². The van der Waals surface area contributed by atoms with Gasteiger partial charge in [-0.3, -0.25) is 4.79 Å². The number of aromatic nitrogens is 2. The zero-order chi connectivity index (χ0) is 24.1. The van der Waals surface area contributed by atoms with E-state index in [-0.39, 0.29) is 11.9 Å². The molecule has 0 aliphatic carbocycles. The lowest BCUT2D eigenvalue weighted by atomic mass is 10.0. The molecular weight excluding hydrogens is 452 g/mol. The van der Waals surface area contributed by atoms with Gasteiger partial charge in [0.25, 0.3) is 5.91 Å². The molecule has 2 aromatic carbocycles. The first-order valence-corrected chi connectivity index (χ1v) is 12.2. The maximum atomic E-state index is 13.9. The maximum Gasteiger partial charge on any atom is 0.340 e. The molecule has 0 bridgehead atoms. The Hall–Kier alpha value is -2.90. The van der Waals surface area contributed by atoms with Gasteiger partial charge >= 0.3 is 5.97 Å². The molecule has 1 fully saturated rings. The second-order valence-corrected chi connectivity index (χ2v) is 9.04. The second-order valence-electron chi connectivity index (χ2n) is 8.61. The van der Waals surface area contributed by atoms with Crippen LogP contribution in [0.5, 0.6) is 0 Å². The van der Waals surface area contributed by atoms with E-state index in [0.717, 1.165) is 37.9 Å². The molecule has 1 saturated heterocycles. The molecule has 1 aliphatic heterocycles. The summed E-state index contributed by atoms with van der Waals surface area (Å²) in [4.78, 5) is 33.2. The number of esters is 1. The van der Waals surface area contributed by atoms with Crippen molar-refractivity contribution in [3.8, 4) is 0 Å². The highest BCUT2D eigenvalue weighted by molar-refractivity contribution is 6.30. The summed E-state index contributed by atoms with van der Waals surface area (Å²) in [7, 11) is 1.36. The second kappa shape index (κ2) is 11.0. The summed E-state index contributed by atoms with van der Waals surface area (Å²) in [5.41, 5.74) is 2.74. The predicted molar refractivity (Wildman–Crippen MR) is 133 cm³/mol. The van der Waals surface area contributed by atoms with E-state index in [1.807, 2.05) is 39.8 Å². The van der Waals surface area contributed by atoms with Crippen LogP contribution < -0.4 is 5.32 Å². The van der Waals surface area contributed by atoms with Crippen molar-refractivity contribution in [2.24, 2.45) is 0 Å². The molecule has 0 radical (unpaired) electrons. The number of halogens is 1. The van der Waals surface area contributed by atoms with Gasteiger partial charge in [0.1, 0.15) is 0 Å². The average Bonchev–Trinajstić information content (AvgIpc) is 3.25. The highest BCUT2D eigenvalue weighted by Crippen LogP contribution is 2.25. The van der Waals surface area contributed by atoms with Gasteiger partial charge in [0.2, 0.25) is 0 Å². The fraction of sp³-hybridized carbons (Fsp3) is 0.423. The monoisotopic (exact) mass is 482 g/mol. The molecule has 0 unspecified atom stereocenters. The van der Waals surface area contributed by atoms with Crippen molar-refractivity contribution < 1.29 is 14.3 Å². The van der Waals surface area contributed by atoms with E-state index < -0.39 is 5.97 Å². The Morgan fingerprint density at radius 2 is 1.91 bits per heavy atom. The van der Waals surface area contributed by atoms with Gasteiger partial charge in [-0.2, -0.15) is 0 Å². The van der Waals surface area contributed by atoms with E-state index in [2.05, 4.69) is 12.2 Å². The number of carbonyl (C=O) groups is 2. The number of imidazole rings is 1. The third kappa shape index (κ3) is 5.10. The van der Waals surface area contributed by atoms with Crippen molar-refractivity contribution in [1.82, 2.24) is 19.8 Å². The van der Waals surface area contributed by atoms with Gasteiger partial charge in [0.15, 0.2) is 5.82 Å². The number of fused-ring (bicyclic) bond motifs is 1. The van der Waals surface area contributed by atoms with Crippen molar-refractivity contribution in [2.75, 3.05) is 26.7 Å². The smallest absolute Gasteiger partial charge is 0.340 e. The summed E-state index contributed by atoms with van der Waals surface area (Å²) in [5.74, 6) is -0.162. The van der Waals surface area contributed by atoms with E-state index in [4.69, 9.17) is 21.3 Å². The molecular formula is C26H31ClN4O3. The Balaban J connectivity index is 1.77. The van der Waals surface area contributed by atoms with Crippen LogP contribution in [-0.4, -0.2) is 59.1 Å². The molecule has 2 heterocycles. The van der Waals surface area contributed by atoms with Gasteiger partial charge in [-0.25, -0.2) is 9.78 Å². The predicted octanol–water partition coefficient (Wildman–Crippen LogP) is 4.32. The van der Waals surface area contributed by atoms with Gasteiger partial charge in [0, 0.05) is 24.2 Å². The first kappa shape index (κ1) is 24.2. The third-order valence-electron chi connectivity index (χ3n) is 6.38. The van der Waals surface area contributed by atoms with Crippen LogP contribution in [0.15, 0.2) is 42.5 Å². The lowest BCUT2D eigenvalue weighted by molar-refractivity contribution is 0.0597. The summed E-state index contributed by atoms with van der Waals surface area (Å²) >= 11 is 6.04. The zero-order valence-corrected chi connectivity index (χ0v) is 20.5. The van der Waals surface area contributed by atoms with Crippen LogP contribution in [0.25, 0.3) is 11.0 Å². The highest BCUT2D eigenvalue weighted by Gasteiger charge is 2.30. The molecule has 34 heavy (non-hydrogen) atoms. The molecule has 0 spiro atoms. The Bertz CT molecular complexity index is 1150. The van der Waals surface area contributed by atoms with Gasteiger partial charge in [-0.1, -0.05) is 36.7 Å². The first-order chi connectivity index (χ1) is 16.5. The number of carbonyl (C=O) groups excluding carboxylic acids is 2. The Labute approximate surface area is 205 Å². The molecule has 3 aromatic rings. The number of aryl methyl sites for hydroxylation is 2. The van der Waals surface area contributed by atoms with Crippen molar-refractivity contribution in [2.45, 2.75) is 45.2 Å². The molecule has 7 nitrogen and oxygen atoms in total. The standard InChI is InChI=1S/C26H31ClN4O3/c1-3-16-30(20-11-14-28-15-12-20)25(32)24-29-22-6-4-5-21(26(33)34-2)23(22)31(24)17-13-18-7-9-19(27)10-8-18/h4-10,20,28H,3,11-17H2,1-2H3. The number of nitrogens with zero attached hydrogens (tertiary/aromatic N) is 3. The normalized spacial score (nSPS) is 14.3. The number of ether oxygens (including phenoxy) is 1. The summed E-state index contributed by atoms with van der Waals surface area (Å²) in [6, 6.07) is 13.2. The number of benzene rings is 2. The van der Waals surface area contributed by atoms with E-state index in [1.54, 1.807) is 12.1 Å². The fourth-order valence-corrected chi connectivity index (χ4v) is 4.80. The van der Waals surface area contributed by atoms with Crippen LogP contribution in [0.4, 0.5) is 0 Å². The van der Waals surface area contributed by atoms with E-state index >= 15 is 0 Å². The molecule has 1 aliphatic rings. The molecule has 0 atom stereocenters. The zero-order valence-electron chi connectivity index (χ0n) is 19.7. The molecule has 1 N–H and O–H groups in total. The molecule has 180 valence electrons. The average molecular weight is 483 g/mol. The Kier molecular flexibility index (Phi) is 7.85. The minimum Gasteiger partial charge on any atom is -0.465 e. The summed E-state index contributed by atoms with van der Waals surface area (Å²) in [5, 5.41) is 4.05. The van der Waals surface area contributed by atoms with Crippen molar-refractivity contribution in [3.63, 3.8) is 0 Å². The van der Waals surface area contributed by atoms with Crippen molar-refractivity contribution in [1.29, 1.82) is 0 Å². The third-order valence-corrected chi connectivity index (χ3v) is 6.63. The maximum absolute atomic E-state index is 13.9. The van der Waals surface area contributed by atoms with Crippen LogP contribution in [0.2, 0.25) is 5.02 Å². The number of hydrogen-bond donors (Lipinski definition) is 1. The highest BCUT2D eigenvalue weighted by atomic mass is 35.5. The van der Waals surface area contributed by atoms with Crippen LogP contribution in [0.1, 0.15) is 52.7 Å². The van der Waals surface area contributed by atoms with Crippen LogP contribution in [0.3, 0.4) is 0 Å². The van der Waals surface area contributed by atoms with Crippen LogP contribution >= 0.6 is 11.6 Å². The van der Waals surface area contributed by atoms with Crippen LogP contribution in [-0.2, 0) is 17.7 Å². The number of piperidine rings is 1. The minimum atomic E-state index is -0.444. The summed E-state index contributed by atoms with van der Waals surface area (Å²) in [6.07, 6.45) is 3.38. The quantitative estimate of drug-likeness (QED) is 0.484. The van der Waals surface area contributed by atoms with Crippen molar-refractivity contribution in [3.05, 3.63) is 64.4 Å². The summed E-state index contributed by atoms with van der Waals surface area (Å²) < 4.78 is 6.92. The molecule has 0 saturated carbocycles. The number of nitrogens with one attached hydrogen (secondary N) is 1. The number of methoxy groups -OCH3 is 1.